The van der Waals surface area contributed by atoms with Crippen molar-refractivity contribution in [3.8, 4) is 11.5 Å². The van der Waals surface area contributed by atoms with E-state index in [-0.39, 0.29) is 12.0 Å². The van der Waals surface area contributed by atoms with Crippen molar-refractivity contribution in [3.05, 3.63) is 51.0 Å². The Morgan fingerprint density at radius 3 is 2.52 bits per heavy atom. The number of amides is 1. The molecule has 0 spiro atoms. The van der Waals surface area contributed by atoms with Crippen LogP contribution in [0.1, 0.15) is 37.8 Å². The van der Waals surface area contributed by atoms with Crippen LogP contribution in [0, 0.1) is 13.8 Å². The number of hydrogen-bond acceptors (Lipinski definition) is 3. The molecule has 0 saturated heterocycles. The predicted octanol–water partition coefficient (Wildman–Crippen LogP) is 6.30. The Bertz CT molecular complexity index is 791. The number of nitrogens with one attached hydrogen (secondary N) is 1. The van der Waals surface area contributed by atoms with E-state index in [1.54, 1.807) is 0 Å². The number of aryl methyl sites for hydroxylation is 1. The Labute approximate surface area is 174 Å². The second kappa shape index (κ2) is 10.00. The van der Waals surface area contributed by atoms with Crippen molar-refractivity contribution in [2.75, 3.05) is 11.9 Å². The SMILES string of the molecule is Cc1cc(OCCCC(=O)Nc2ccc(OC(C)C)cc2)c(Br)c(C)c1Cl. The fourth-order valence-corrected chi connectivity index (χ4v) is 3.22. The van der Waals surface area contributed by atoms with E-state index in [4.69, 9.17) is 21.1 Å². The van der Waals surface area contributed by atoms with Crippen LogP contribution in [0.15, 0.2) is 34.8 Å². The third-order valence-corrected chi connectivity index (χ3v) is 5.45. The van der Waals surface area contributed by atoms with Crippen LogP contribution in [-0.2, 0) is 4.79 Å². The molecule has 0 aliphatic heterocycles. The van der Waals surface area contributed by atoms with Gasteiger partial charge in [0, 0.05) is 17.1 Å². The topological polar surface area (TPSA) is 47.6 Å². The monoisotopic (exact) mass is 453 g/mol. The normalized spacial score (nSPS) is 10.8. The lowest BCUT2D eigenvalue weighted by Crippen LogP contribution is -2.13. The first-order valence-electron chi connectivity index (χ1n) is 8.92. The summed E-state index contributed by atoms with van der Waals surface area (Å²) in [6.45, 7) is 8.29. The van der Waals surface area contributed by atoms with Crippen LogP contribution in [0.25, 0.3) is 0 Å². The average molecular weight is 455 g/mol. The van der Waals surface area contributed by atoms with Crippen LogP contribution in [0.2, 0.25) is 5.02 Å². The molecule has 0 aliphatic carbocycles. The molecule has 4 nitrogen and oxygen atoms in total. The van der Waals surface area contributed by atoms with Crippen molar-refractivity contribution < 1.29 is 14.3 Å². The van der Waals surface area contributed by atoms with Crippen molar-refractivity contribution in [1.29, 1.82) is 0 Å². The summed E-state index contributed by atoms with van der Waals surface area (Å²) in [4.78, 5) is 12.1. The quantitative estimate of drug-likeness (QED) is 0.476. The molecule has 27 heavy (non-hydrogen) atoms. The lowest BCUT2D eigenvalue weighted by atomic mass is 10.1. The number of carbonyl (C=O) groups excluding carboxylic acids is 1. The number of carbonyl (C=O) groups is 1. The molecule has 0 saturated carbocycles. The van der Waals surface area contributed by atoms with Crippen LogP contribution < -0.4 is 14.8 Å². The number of anilines is 1. The van der Waals surface area contributed by atoms with E-state index in [0.717, 1.165) is 37.8 Å². The minimum Gasteiger partial charge on any atom is -0.492 e. The molecule has 0 atom stereocenters. The fourth-order valence-electron chi connectivity index (χ4n) is 2.53. The van der Waals surface area contributed by atoms with Gasteiger partial charge in [0.15, 0.2) is 0 Å². The smallest absolute Gasteiger partial charge is 0.224 e. The van der Waals surface area contributed by atoms with Crippen LogP contribution in [0.5, 0.6) is 11.5 Å². The van der Waals surface area contributed by atoms with Gasteiger partial charge in [-0.05, 0) is 91.5 Å². The van der Waals surface area contributed by atoms with E-state index in [1.807, 2.05) is 58.0 Å². The number of benzene rings is 2. The molecule has 1 N–H and O–H groups in total. The summed E-state index contributed by atoms with van der Waals surface area (Å²) in [5.41, 5.74) is 2.67. The highest BCUT2D eigenvalue weighted by Gasteiger charge is 2.11. The lowest BCUT2D eigenvalue weighted by Gasteiger charge is -2.13. The van der Waals surface area contributed by atoms with Gasteiger partial charge in [-0.25, -0.2) is 0 Å². The molecular formula is C21H25BrClNO3. The standard InChI is InChI=1S/C21H25BrClNO3/c1-13(2)27-17-9-7-16(8-10-17)24-19(25)6-5-11-26-18-12-14(3)21(23)15(4)20(18)22/h7-10,12-13H,5-6,11H2,1-4H3,(H,24,25). The Morgan fingerprint density at radius 1 is 1.22 bits per heavy atom. The minimum atomic E-state index is -0.0429. The summed E-state index contributed by atoms with van der Waals surface area (Å²) < 4.78 is 12.2. The van der Waals surface area contributed by atoms with E-state index in [1.165, 1.54) is 0 Å². The van der Waals surface area contributed by atoms with Crippen molar-refractivity contribution in [1.82, 2.24) is 0 Å². The largest absolute Gasteiger partial charge is 0.492 e. The summed E-state index contributed by atoms with van der Waals surface area (Å²) in [5.74, 6) is 1.49. The van der Waals surface area contributed by atoms with Gasteiger partial charge < -0.3 is 14.8 Å². The number of hydrogen-bond donors (Lipinski definition) is 1. The minimum absolute atomic E-state index is 0.0429. The molecule has 0 radical (unpaired) electrons. The van der Waals surface area contributed by atoms with Gasteiger partial charge in [-0.15, -0.1) is 0 Å². The van der Waals surface area contributed by atoms with Crippen LogP contribution in [-0.4, -0.2) is 18.6 Å². The second-order valence-corrected chi connectivity index (χ2v) is 7.81. The lowest BCUT2D eigenvalue weighted by molar-refractivity contribution is -0.116. The highest BCUT2D eigenvalue weighted by Crippen LogP contribution is 2.35. The summed E-state index contributed by atoms with van der Waals surface area (Å²) in [6.07, 6.45) is 1.12. The van der Waals surface area contributed by atoms with Gasteiger partial charge in [-0.1, -0.05) is 11.6 Å². The third kappa shape index (κ3) is 6.43. The number of halogens is 2. The maximum absolute atomic E-state index is 12.1. The zero-order valence-corrected chi connectivity index (χ0v) is 18.4. The Balaban J connectivity index is 1.78. The van der Waals surface area contributed by atoms with Crippen LogP contribution in [0.3, 0.4) is 0 Å². The third-order valence-electron chi connectivity index (χ3n) is 3.88. The molecule has 2 aromatic carbocycles. The van der Waals surface area contributed by atoms with E-state index in [0.29, 0.717) is 19.4 Å². The molecule has 1 amide bonds. The van der Waals surface area contributed by atoms with E-state index >= 15 is 0 Å². The molecular weight excluding hydrogens is 430 g/mol. The Kier molecular flexibility index (Phi) is 7.99. The second-order valence-electron chi connectivity index (χ2n) is 6.64. The number of rotatable bonds is 8. The summed E-state index contributed by atoms with van der Waals surface area (Å²) >= 11 is 9.73. The van der Waals surface area contributed by atoms with Gasteiger partial charge in [0.2, 0.25) is 5.91 Å². The van der Waals surface area contributed by atoms with Gasteiger partial charge >= 0.3 is 0 Å². The summed E-state index contributed by atoms with van der Waals surface area (Å²) in [5, 5.41) is 3.62. The van der Waals surface area contributed by atoms with Gasteiger partial charge in [0.25, 0.3) is 0 Å². The average Bonchev–Trinajstić information content (AvgIpc) is 2.62. The van der Waals surface area contributed by atoms with Crippen LogP contribution in [0.4, 0.5) is 5.69 Å². The van der Waals surface area contributed by atoms with Crippen molar-refractivity contribution >= 4 is 39.1 Å². The molecule has 0 aliphatic rings. The molecule has 0 unspecified atom stereocenters. The molecule has 0 heterocycles. The van der Waals surface area contributed by atoms with Gasteiger partial charge in [-0.2, -0.15) is 0 Å². The molecule has 0 fully saturated rings. The molecule has 2 rings (SSSR count). The zero-order chi connectivity index (χ0) is 20.0. The summed E-state index contributed by atoms with van der Waals surface area (Å²) in [6, 6.07) is 9.27. The van der Waals surface area contributed by atoms with E-state index in [2.05, 4.69) is 21.2 Å². The Hall–Kier alpha value is -1.72. The maximum Gasteiger partial charge on any atom is 0.224 e. The molecule has 6 heteroatoms. The van der Waals surface area contributed by atoms with Gasteiger partial charge in [0.05, 0.1) is 17.2 Å². The number of ether oxygens (including phenoxy) is 2. The van der Waals surface area contributed by atoms with Crippen molar-refractivity contribution in [2.24, 2.45) is 0 Å². The predicted molar refractivity (Wildman–Crippen MR) is 114 cm³/mol. The maximum atomic E-state index is 12.1. The van der Waals surface area contributed by atoms with E-state index in [9.17, 15) is 4.79 Å². The van der Waals surface area contributed by atoms with Crippen LogP contribution >= 0.6 is 27.5 Å². The molecule has 0 bridgehead atoms. The van der Waals surface area contributed by atoms with Crippen molar-refractivity contribution in [2.45, 2.75) is 46.6 Å². The highest BCUT2D eigenvalue weighted by atomic mass is 79.9. The van der Waals surface area contributed by atoms with E-state index < -0.39 is 0 Å². The van der Waals surface area contributed by atoms with Gasteiger partial charge in [-0.3, -0.25) is 4.79 Å². The van der Waals surface area contributed by atoms with Crippen molar-refractivity contribution in [3.63, 3.8) is 0 Å². The first-order valence-corrected chi connectivity index (χ1v) is 10.1. The molecule has 146 valence electrons. The molecule has 2 aromatic rings. The first-order chi connectivity index (χ1) is 12.8. The van der Waals surface area contributed by atoms with Gasteiger partial charge in [0.1, 0.15) is 11.5 Å². The fraction of sp³-hybridized carbons (Fsp3) is 0.381. The molecule has 0 aromatic heterocycles. The first kappa shape index (κ1) is 21.6. The zero-order valence-electron chi connectivity index (χ0n) is 16.1. The summed E-state index contributed by atoms with van der Waals surface area (Å²) in [7, 11) is 0. The Morgan fingerprint density at radius 2 is 1.89 bits per heavy atom. The highest BCUT2D eigenvalue weighted by molar-refractivity contribution is 9.10.